The molecule has 0 bridgehead atoms. The van der Waals surface area contributed by atoms with Crippen LogP contribution >= 0.6 is 22.6 Å². The first kappa shape index (κ1) is 14.6. The van der Waals surface area contributed by atoms with Gasteiger partial charge in [0.15, 0.2) is 5.78 Å². The van der Waals surface area contributed by atoms with Crippen molar-refractivity contribution in [1.82, 2.24) is 0 Å². The molecule has 0 saturated heterocycles. The summed E-state index contributed by atoms with van der Waals surface area (Å²) in [6.45, 7) is 3.97. The number of halogens is 1. The molecule has 0 fully saturated rings. The molecule has 2 atom stereocenters. The van der Waals surface area contributed by atoms with E-state index in [-0.39, 0.29) is 17.8 Å². The third-order valence-electron chi connectivity index (χ3n) is 3.53. The van der Waals surface area contributed by atoms with Gasteiger partial charge in [-0.05, 0) is 5.56 Å². The van der Waals surface area contributed by atoms with Gasteiger partial charge in [0.1, 0.15) is 11.9 Å². The Morgan fingerprint density at radius 3 is 2.47 bits per heavy atom. The molecule has 0 radical (unpaired) electrons. The first-order valence-corrected chi connectivity index (χ1v) is 8.29. The van der Waals surface area contributed by atoms with E-state index in [1.54, 1.807) is 0 Å². The SMILES string of the molecule is CCC(=O)C1=C(CC)O[C@H](CI)[C@@H]1c1ccccc1. The van der Waals surface area contributed by atoms with E-state index in [4.69, 9.17) is 4.74 Å². The molecule has 1 aliphatic rings. The second-order valence-electron chi connectivity index (χ2n) is 4.67. The number of carbonyl (C=O) groups excluding carboxylic acids is 1. The van der Waals surface area contributed by atoms with Crippen LogP contribution in [0.3, 0.4) is 0 Å². The number of hydrogen-bond donors (Lipinski definition) is 0. The van der Waals surface area contributed by atoms with E-state index in [1.165, 1.54) is 5.56 Å². The van der Waals surface area contributed by atoms with Gasteiger partial charge in [-0.3, -0.25) is 4.79 Å². The standard InChI is InChI=1S/C16H19IO2/c1-3-12(18)16-13(4-2)19-14(10-17)15(16)11-8-6-5-7-9-11/h5-9,14-15H,3-4,10H2,1-2H3/t14-,15+/m1/s1. The minimum Gasteiger partial charge on any atom is -0.493 e. The number of allylic oxidation sites excluding steroid dienone is 1. The number of carbonyl (C=O) groups is 1. The third-order valence-corrected chi connectivity index (χ3v) is 4.40. The van der Waals surface area contributed by atoms with E-state index in [9.17, 15) is 4.79 Å². The van der Waals surface area contributed by atoms with Gasteiger partial charge in [0, 0.05) is 22.8 Å². The molecule has 19 heavy (non-hydrogen) atoms. The van der Waals surface area contributed by atoms with Gasteiger partial charge in [0.25, 0.3) is 0 Å². The summed E-state index contributed by atoms with van der Waals surface area (Å²) in [5.41, 5.74) is 2.09. The van der Waals surface area contributed by atoms with Crippen LogP contribution in [0.15, 0.2) is 41.7 Å². The highest BCUT2D eigenvalue weighted by molar-refractivity contribution is 14.1. The second kappa shape index (κ2) is 6.55. The summed E-state index contributed by atoms with van der Waals surface area (Å²) in [6.07, 6.45) is 1.42. The zero-order valence-corrected chi connectivity index (χ0v) is 13.5. The molecule has 0 aliphatic carbocycles. The zero-order chi connectivity index (χ0) is 13.8. The Hall–Kier alpha value is -0.840. The Kier molecular flexibility index (Phi) is 5.02. The van der Waals surface area contributed by atoms with Crippen molar-refractivity contribution in [2.45, 2.75) is 38.7 Å². The van der Waals surface area contributed by atoms with Crippen LogP contribution in [-0.2, 0) is 9.53 Å². The predicted octanol–water partition coefficient (Wildman–Crippen LogP) is 4.25. The summed E-state index contributed by atoms with van der Waals surface area (Å²) in [5, 5.41) is 0. The predicted molar refractivity (Wildman–Crippen MR) is 85.6 cm³/mol. The van der Waals surface area contributed by atoms with E-state index in [2.05, 4.69) is 41.6 Å². The van der Waals surface area contributed by atoms with Crippen molar-refractivity contribution in [3.63, 3.8) is 0 Å². The van der Waals surface area contributed by atoms with Gasteiger partial charge >= 0.3 is 0 Å². The van der Waals surface area contributed by atoms with Crippen LogP contribution < -0.4 is 0 Å². The van der Waals surface area contributed by atoms with Crippen LogP contribution in [0.5, 0.6) is 0 Å². The molecule has 0 aromatic heterocycles. The first-order valence-electron chi connectivity index (χ1n) is 6.76. The van der Waals surface area contributed by atoms with Gasteiger partial charge in [-0.1, -0.05) is 66.8 Å². The van der Waals surface area contributed by atoms with Gasteiger partial charge in [-0.25, -0.2) is 0 Å². The quantitative estimate of drug-likeness (QED) is 0.572. The lowest BCUT2D eigenvalue weighted by Crippen LogP contribution is -2.21. The minimum atomic E-state index is 0.0865. The summed E-state index contributed by atoms with van der Waals surface area (Å²) in [4.78, 5) is 12.3. The van der Waals surface area contributed by atoms with E-state index < -0.39 is 0 Å². The smallest absolute Gasteiger partial charge is 0.162 e. The van der Waals surface area contributed by atoms with Gasteiger partial charge < -0.3 is 4.74 Å². The van der Waals surface area contributed by atoms with Crippen LogP contribution in [0.1, 0.15) is 38.2 Å². The molecule has 102 valence electrons. The monoisotopic (exact) mass is 370 g/mol. The summed E-state index contributed by atoms with van der Waals surface area (Å²) in [7, 11) is 0. The molecule has 0 unspecified atom stereocenters. The van der Waals surface area contributed by atoms with Crippen molar-refractivity contribution in [2.75, 3.05) is 4.43 Å². The summed E-state index contributed by atoms with van der Waals surface area (Å²) >= 11 is 2.34. The zero-order valence-electron chi connectivity index (χ0n) is 11.4. The molecule has 1 aliphatic heterocycles. The maximum atomic E-state index is 12.3. The van der Waals surface area contributed by atoms with Crippen LogP contribution in [0.2, 0.25) is 0 Å². The topological polar surface area (TPSA) is 26.3 Å². The second-order valence-corrected chi connectivity index (χ2v) is 5.55. The van der Waals surface area contributed by atoms with Crippen molar-refractivity contribution in [3.05, 3.63) is 47.2 Å². The van der Waals surface area contributed by atoms with Crippen LogP contribution in [0.25, 0.3) is 0 Å². The Morgan fingerprint density at radius 2 is 1.95 bits per heavy atom. The van der Waals surface area contributed by atoms with Gasteiger partial charge in [0.2, 0.25) is 0 Å². The van der Waals surface area contributed by atoms with Crippen molar-refractivity contribution >= 4 is 28.4 Å². The van der Waals surface area contributed by atoms with E-state index in [0.29, 0.717) is 6.42 Å². The fourth-order valence-corrected chi connectivity index (χ4v) is 3.32. The highest BCUT2D eigenvalue weighted by Crippen LogP contribution is 2.41. The highest BCUT2D eigenvalue weighted by Gasteiger charge is 2.38. The number of benzene rings is 1. The largest absolute Gasteiger partial charge is 0.493 e. The number of ether oxygens (including phenoxy) is 1. The Bertz CT molecular complexity index is 479. The van der Waals surface area contributed by atoms with Gasteiger partial charge in [-0.15, -0.1) is 0 Å². The molecule has 1 heterocycles. The molecular formula is C16H19IO2. The lowest BCUT2D eigenvalue weighted by molar-refractivity contribution is -0.115. The van der Waals surface area contributed by atoms with Crippen molar-refractivity contribution < 1.29 is 9.53 Å². The minimum absolute atomic E-state index is 0.0865. The first-order chi connectivity index (χ1) is 9.22. The maximum absolute atomic E-state index is 12.3. The normalized spacial score (nSPS) is 22.5. The molecule has 2 nitrogen and oxygen atoms in total. The molecular weight excluding hydrogens is 351 g/mol. The molecule has 0 saturated carbocycles. The van der Waals surface area contributed by atoms with Gasteiger partial charge in [-0.2, -0.15) is 0 Å². The van der Waals surface area contributed by atoms with Crippen LogP contribution in [-0.4, -0.2) is 16.3 Å². The Morgan fingerprint density at radius 1 is 1.26 bits per heavy atom. The van der Waals surface area contributed by atoms with E-state index in [1.807, 2.05) is 25.1 Å². The summed E-state index contributed by atoms with van der Waals surface area (Å²) in [5.74, 6) is 1.21. The highest BCUT2D eigenvalue weighted by atomic mass is 127. The molecule has 3 heteroatoms. The van der Waals surface area contributed by atoms with Crippen LogP contribution in [0.4, 0.5) is 0 Å². The molecule has 0 amide bonds. The summed E-state index contributed by atoms with van der Waals surface area (Å²) in [6, 6.07) is 10.2. The maximum Gasteiger partial charge on any atom is 0.162 e. The molecule has 1 aromatic rings. The number of hydrogen-bond acceptors (Lipinski definition) is 2. The van der Waals surface area contributed by atoms with Crippen molar-refractivity contribution in [1.29, 1.82) is 0 Å². The van der Waals surface area contributed by atoms with E-state index >= 15 is 0 Å². The average molecular weight is 370 g/mol. The van der Waals surface area contributed by atoms with Crippen molar-refractivity contribution in [2.24, 2.45) is 0 Å². The number of Topliss-reactive ketones (excluding diaryl/α,β-unsaturated/α-hetero) is 1. The van der Waals surface area contributed by atoms with E-state index in [0.717, 1.165) is 22.2 Å². The van der Waals surface area contributed by atoms with Gasteiger partial charge in [0.05, 0.1) is 5.92 Å². The Balaban J connectivity index is 2.46. The number of ketones is 1. The Labute approximate surface area is 128 Å². The molecule has 0 spiro atoms. The number of rotatable bonds is 5. The fraction of sp³-hybridized carbons (Fsp3) is 0.438. The lowest BCUT2D eigenvalue weighted by Gasteiger charge is -2.19. The summed E-state index contributed by atoms with van der Waals surface area (Å²) < 4.78 is 6.90. The fourth-order valence-electron chi connectivity index (χ4n) is 2.63. The van der Waals surface area contributed by atoms with Crippen LogP contribution in [0, 0.1) is 0 Å². The third kappa shape index (κ3) is 2.86. The lowest BCUT2D eigenvalue weighted by atomic mass is 9.85. The molecule has 1 aromatic carbocycles. The average Bonchev–Trinajstić information content (AvgIpc) is 2.85. The van der Waals surface area contributed by atoms with Crippen molar-refractivity contribution in [3.8, 4) is 0 Å². The molecule has 0 N–H and O–H groups in total. The number of alkyl halides is 1. The molecule has 2 rings (SSSR count).